The van der Waals surface area contributed by atoms with Crippen molar-refractivity contribution in [2.45, 2.75) is 32.4 Å². The molecule has 1 aliphatic heterocycles. The number of nitrogens with two attached hydrogens (primary N) is 1. The van der Waals surface area contributed by atoms with Crippen LogP contribution in [-0.2, 0) is 11.3 Å². The fourth-order valence-corrected chi connectivity index (χ4v) is 2.82. The smallest absolute Gasteiger partial charge is 0.231 e. The zero-order chi connectivity index (χ0) is 18.1. The lowest BCUT2D eigenvalue weighted by Crippen LogP contribution is -2.49. The summed E-state index contributed by atoms with van der Waals surface area (Å²) in [6.45, 7) is 5.43. The summed E-state index contributed by atoms with van der Waals surface area (Å²) in [6.07, 6.45) is 1.91. The third-order valence-electron chi connectivity index (χ3n) is 4.15. The van der Waals surface area contributed by atoms with Crippen molar-refractivity contribution in [1.82, 2.24) is 15.5 Å². The van der Waals surface area contributed by atoms with Gasteiger partial charge in [0, 0.05) is 25.7 Å². The van der Waals surface area contributed by atoms with Gasteiger partial charge in [0.1, 0.15) is 0 Å². The monoisotopic (exact) mass is 342 g/mol. The van der Waals surface area contributed by atoms with Gasteiger partial charge in [0.25, 0.3) is 0 Å². The van der Waals surface area contributed by atoms with Gasteiger partial charge < -0.3 is 16.4 Å². The molecule has 0 aromatic heterocycles. The predicted octanol–water partition coefficient (Wildman–Crippen LogP) is 0.563. The Morgan fingerprint density at radius 3 is 2.60 bits per heavy atom. The molecule has 7 heteroatoms. The number of hydrogen-bond donors (Lipinski definition) is 3. The van der Waals surface area contributed by atoms with Gasteiger partial charge in [-0.15, -0.1) is 0 Å². The molecule has 0 atom stereocenters. The Morgan fingerprint density at radius 1 is 1.36 bits per heavy atom. The maximum atomic E-state index is 11.0. The summed E-state index contributed by atoms with van der Waals surface area (Å²) < 4.78 is 0. The van der Waals surface area contributed by atoms with Crippen LogP contribution in [0.3, 0.4) is 0 Å². The van der Waals surface area contributed by atoms with Crippen LogP contribution in [-0.4, -0.2) is 49.0 Å². The highest BCUT2D eigenvalue weighted by Gasteiger charge is 2.20. The minimum Gasteiger partial charge on any atom is -0.369 e. The maximum Gasteiger partial charge on any atom is 0.231 e. The Balaban J connectivity index is 1.87. The standard InChI is InChI=1S/C18H26N6O/c1-2-21-18(22-12-15-5-3-14(11-19)4-6-15)23-16-7-9-24(10-8-16)13-17(20)25/h3-6,16H,2,7-10,12-13H2,1H3,(H2,20,25)(H2,21,22,23). The summed E-state index contributed by atoms with van der Waals surface area (Å²) >= 11 is 0. The van der Waals surface area contributed by atoms with E-state index in [0.29, 0.717) is 24.7 Å². The molecule has 0 radical (unpaired) electrons. The van der Waals surface area contributed by atoms with E-state index < -0.39 is 0 Å². The average molecular weight is 342 g/mol. The lowest BCUT2D eigenvalue weighted by Gasteiger charge is -2.32. The van der Waals surface area contributed by atoms with Crippen molar-refractivity contribution >= 4 is 11.9 Å². The molecule has 25 heavy (non-hydrogen) atoms. The van der Waals surface area contributed by atoms with E-state index in [9.17, 15) is 4.79 Å². The van der Waals surface area contributed by atoms with Crippen LogP contribution in [0.25, 0.3) is 0 Å². The molecule has 0 bridgehead atoms. The van der Waals surface area contributed by atoms with Gasteiger partial charge >= 0.3 is 0 Å². The minimum atomic E-state index is -0.274. The second-order valence-electron chi connectivity index (χ2n) is 6.16. The molecule has 134 valence electrons. The van der Waals surface area contributed by atoms with Gasteiger partial charge in [0.15, 0.2) is 5.96 Å². The molecule has 1 aromatic rings. The Bertz CT molecular complexity index is 626. The Morgan fingerprint density at radius 2 is 2.04 bits per heavy atom. The second-order valence-corrected chi connectivity index (χ2v) is 6.16. The van der Waals surface area contributed by atoms with Crippen LogP contribution in [0, 0.1) is 11.3 Å². The first kappa shape index (κ1) is 18.7. The zero-order valence-electron chi connectivity index (χ0n) is 14.7. The van der Waals surface area contributed by atoms with Crippen molar-refractivity contribution in [3.8, 4) is 6.07 Å². The number of rotatable bonds is 6. The molecule has 4 N–H and O–H groups in total. The highest BCUT2D eigenvalue weighted by Crippen LogP contribution is 2.10. The highest BCUT2D eigenvalue weighted by atomic mass is 16.1. The largest absolute Gasteiger partial charge is 0.369 e. The molecule has 1 saturated heterocycles. The Labute approximate surface area is 148 Å². The van der Waals surface area contributed by atoms with Crippen molar-refractivity contribution < 1.29 is 4.79 Å². The lowest BCUT2D eigenvalue weighted by atomic mass is 10.1. The lowest BCUT2D eigenvalue weighted by molar-refractivity contribution is -0.119. The first-order valence-electron chi connectivity index (χ1n) is 8.65. The normalized spacial score (nSPS) is 16.2. The average Bonchev–Trinajstić information content (AvgIpc) is 2.61. The van der Waals surface area contributed by atoms with Crippen molar-refractivity contribution in [1.29, 1.82) is 5.26 Å². The first-order chi connectivity index (χ1) is 12.1. The number of nitriles is 1. The van der Waals surface area contributed by atoms with Crippen LogP contribution >= 0.6 is 0 Å². The van der Waals surface area contributed by atoms with Crippen LogP contribution in [0.15, 0.2) is 29.3 Å². The van der Waals surface area contributed by atoms with E-state index in [1.807, 2.05) is 19.1 Å². The van der Waals surface area contributed by atoms with Gasteiger partial charge in [-0.25, -0.2) is 4.99 Å². The van der Waals surface area contributed by atoms with Crippen molar-refractivity contribution in [2.24, 2.45) is 10.7 Å². The molecule has 0 unspecified atom stereocenters. The zero-order valence-corrected chi connectivity index (χ0v) is 14.7. The summed E-state index contributed by atoms with van der Waals surface area (Å²) in [5.74, 6) is 0.518. The van der Waals surface area contributed by atoms with Crippen molar-refractivity contribution in [3.63, 3.8) is 0 Å². The number of nitrogens with zero attached hydrogens (tertiary/aromatic N) is 3. The van der Waals surface area contributed by atoms with E-state index in [0.717, 1.165) is 44.0 Å². The highest BCUT2D eigenvalue weighted by molar-refractivity contribution is 5.80. The quantitative estimate of drug-likeness (QED) is 0.517. The van der Waals surface area contributed by atoms with E-state index in [2.05, 4.69) is 26.6 Å². The second kappa shape index (κ2) is 9.64. The number of likely N-dealkylation sites (tertiary alicyclic amines) is 1. The predicted molar refractivity (Wildman–Crippen MR) is 97.8 cm³/mol. The number of aliphatic imine (C=N–C) groups is 1. The first-order valence-corrected chi connectivity index (χ1v) is 8.65. The van der Waals surface area contributed by atoms with E-state index in [4.69, 9.17) is 11.0 Å². The van der Waals surface area contributed by atoms with Crippen molar-refractivity contribution in [3.05, 3.63) is 35.4 Å². The number of nitrogens with one attached hydrogen (secondary N) is 2. The number of piperidine rings is 1. The summed E-state index contributed by atoms with van der Waals surface area (Å²) in [7, 11) is 0. The number of carbonyl (C=O) groups excluding carboxylic acids is 1. The molecule has 1 aromatic carbocycles. The SMILES string of the molecule is CCNC(=NCc1ccc(C#N)cc1)NC1CCN(CC(N)=O)CC1. The molecule has 1 aliphatic rings. The molecule has 1 fully saturated rings. The van der Waals surface area contributed by atoms with Crippen molar-refractivity contribution in [2.75, 3.05) is 26.2 Å². The summed E-state index contributed by atoms with van der Waals surface area (Å²) in [5.41, 5.74) is 6.96. The number of primary amides is 1. The van der Waals surface area contributed by atoms with E-state index >= 15 is 0 Å². The molecule has 0 spiro atoms. The van der Waals surface area contributed by atoms with Gasteiger partial charge in [0.2, 0.25) is 5.91 Å². The van der Waals surface area contributed by atoms with Gasteiger partial charge in [-0.1, -0.05) is 12.1 Å². The van der Waals surface area contributed by atoms with Gasteiger partial charge in [-0.05, 0) is 37.5 Å². The third kappa shape index (κ3) is 6.43. The van der Waals surface area contributed by atoms with Gasteiger partial charge in [0.05, 0.1) is 24.7 Å². The molecule has 0 aliphatic carbocycles. The molecule has 0 saturated carbocycles. The minimum absolute atomic E-state index is 0.274. The number of hydrogen-bond acceptors (Lipinski definition) is 4. The van der Waals surface area contributed by atoms with Crippen LogP contribution in [0.5, 0.6) is 0 Å². The molecular weight excluding hydrogens is 316 g/mol. The van der Waals surface area contributed by atoms with Crippen LogP contribution in [0.1, 0.15) is 30.9 Å². The number of carbonyl (C=O) groups is 1. The van der Waals surface area contributed by atoms with E-state index in [-0.39, 0.29) is 5.91 Å². The maximum absolute atomic E-state index is 11.0. The number of benzene rings is 1. The molecule has 7 nitrogen and oxygen atoms in total. The topological polar surface area (TPSA) is 107 Å². The van der Waals surface area contributed by atoms with Crippen LogP contribution < -0.4 is 16.4 Å². The fourth-order valence-electron chi connectivity index (χ4n) is 2.82. The molecular formula is C18H26N6O. The Hall–Kier alpha value is -2.59. The van der Waals surface area contributed by atoms with Crippen LogP contribution in [0.4, 0.5) is 0 Å². The van der Waals surface area contributed by atoms with Gasteiger partial charge in [-0.3, -0.25) is 9.69 Å². The van der Waals surface area contributed by atoms with Gasteiger partial charge in [-0.2, -0.15) is 5.26 Å². The van der Waals surface area contributed by atoms with Crippen LogP contribution in [0.2, 0.25) is 0 Å². The summed E-state index contributed by atoms with van der Waals surface area (Å²) in [5, 5.41) is 15.6. The summed E-state index contributed by atoms with van der Waals surface area (Å²) in [6, 6.07) is 9.91. The number of guanidine groups is 1. The fraction of sp³-hybridized carbons (Fsp3) is 0.500. The third-order valence-corrected chi connectivity index (χ3v) is 4.15. The van der Waals surface area contributed by atoms with E-state index in [1.54, 1.807) is 12.1 Å². The Kier molecular flexibility index (Phi) is 7.23. The molecule has 2 rings (SSSR count). The summed E-state index contributed by atoms with van der Waals surface area (Å²) in [4.78, 5) is 17.7. The van der Waals surface area contributed by atoms with E-state index in [1.165, 1.54) is 0 Å². The molecule has 1 heterocycles. The number of amides is 1. The molecule has 1 amide bonds.